The first kappa shape index (κ1) is 15.3. The summed E-state index contributed by atoms with van der Waals surface area (Å²) in [5, 5.41) is 1.54. The fourth-order valence-electron chi connectivity index (χ4n) is 2.65. The normalized spacial score (nSPS) is 25.3. The minimum Gasteiger partial charge on any atom is -0.337 e. The molecule has 1 fully saturated rings. The van der Waals surface area contributed by atoms with Crippen LogP contribution in [0.5, 0.6) is 0 Å². The van der Waals surface area contributed by atoms with Crippen molar-refractivity contribution in [2.45, 2.75) is 35.6 Å². The molecular formula is C16H19ClN2S2. The number of imidazole rings is 1. The molecule has 0 saturated carbocycles. The van der Waals surface area contributed by atoms with E-state index in [4.69, 9.17) is 11.6 Å². The van der Waals surface area contributed by atoms with Gasteiger partial charge in [-0.05, 0) is 30.5 Å². The molecule has 2 unspecified atom stereocenters. The molecule has 21 heavy (non-hydrogen) atoms. The molecule has 2 heterocycles. The number of rotatable bonds is 5. The summed E-state index contributed by atoms with van der Waals surface area (Å²) in [6.45, 7) is 3.36. The van der Waals surface area contributed by atoms with Crippen molar-refractivity contribution in [3.05, 3.63) is 53.6 Å². The van der Waals surface area contributed by atoms with Crippen LogP contribution in [-0.4, -0.2) is 24.6 Å². The molecule has 2 aromatic rings. The maximum absolute atomic E-state index is 5.99. The predicted octanol–water partition coefficient (Wildman–Crippen LogP) is 4.73. The largest absolute Gasteiger partial charge is 0.337 e. The first-order valence-corrected chi connectivity index (χ1v) is 9.41. The number of hydrogen-bond acceptors (Lipinski definition) is 3. The van der Waals surface area contributed by atoms with Gasteiger partial charge in [-0.2, -0.15) is 0 Å². The maximum Gasteiger partial charge on any atom is 0.0945 e. The van der Waals surface area contributed by atoms with Crippen LogP contribution in [0.25, 0.3) is 0 Å². The molecule has 112 valence electrons. The second kappa shape index (κ2) is 6.67. The molecule has 1 aliphatic rings. The highest BCUT2D eigenvalue weighted by Crippen LogP contribution is 2.52. The highest BCUT2D eigenvalue weighted by molar-refractivity contribution is 8.21. The molecule has 2 nitrogen and oxygen atoms in total. The molecule has 0 aliphatic carbocycles. The smallest absolute Gasteiger partial charge is 0.0945 e. The summed E-state index contributed by atoms with van der Waals surface area (Å²) in [5.41, 5.74) is 1.37. The maximum atomic E-state index is 5.99. The van der Waals surface area contributed by atoms with Gasteiger partial charge in [0.1, 0.15) is 0 Å². The number of halogens is 1. The van der Waals surface area contributed by atoms with Crippen LogP contribution in [-0.2, 0) is 13.0 Å². The third kappa shape index (κ3) is 3.99. The minimum absolute atomic E-state index is 0.275. The zero-order valence-electron chi connectivity index (χ0n) is 12.0. The summed E-state index contributed by atoms with van der Waals surface area (Å²) in [6.07, 6.45) is 8.06. The Labute approximate surface area is 139 Å². The van der Waals surface area contributed by atoms with Gasteiger partial charge in [0.2, 0.25) is 0 Å². The van der Waals surface area contributed by atoms with Crippen molar-refractivity contribution in [3.8, 4) is 0 Å². The number of aryl methyl sites for hydroxylation is 1. The number of benzene rings is 1. The van der Waals surface area contributed by atoms with E-state index in [0.717, 1.165) is 29.7 Å². The summed E-state index contributed by atoms with van der Waals surface area (Å²) < 4.78 is 2.45. The van der Waals surface area contributed by atoms with Gasteiger partial charge in [0.15, 0.2) is 0 Å². The summed E-state index contributed by atoms with van der Waals surface area (Å²) in [5.74, 6) is 1.24. The summed E-state index contributed by atoms with van der Waals surface area (Å²) in [4.78, 5) is 4.13. The average molecular weight is 339 g/mol. The van der Waals surface area contributed by atoms with Crippen LogP contribution in [0.2, 0.25) is 5.02 Å². The van der Waals surface area contributed by atoms with Gasteiger partial charge in [-0.25, -0.2) is 4.98 Å². The van der Waals surface area contributed by atoms with Crippen LogP contribution in [0.15, 0.2) is 43.0 Å². The van der Waals surface area contributed by atoms with Gasteiger partial charge in [0.25, 0.3) is 0 Å². The highest BCUT2D eigenvalue weighted by atomic mass is 35.5. The van der Waals surface area contributed by atoms with Gasteiger partial charge < -0.3 is 4.57 Å². The van der Waals surface area contributed by atoms with Crippen molar-refractivity contribution >= 4 is 35.1 Å². The van der Waals surface area contributed by atoms with Crippen LogP contribution in [0, 0.1) is 0 Å². The molecule has 3 rings (SSSR count). The Morgan fingerprint density at radius 3 is 2.81 bits per heavy atom. The molecule has 1 aromatic carbocycles. The number of nitrogens with zero attached hydrogens (tertiary/aromatic N) is 2. The molecule has 0 bridgehead atoms. The van der Waals surface area contributed by atoms with Crippen molar-refractivity contribution in [1.29, 1.82) is 0 Å². The first-order valence-electron chi connectivity index (χ1n) is 7.17. The Balaban J connectivity index is 1.72. The first-order chi connectivity index (χ1) is 10.2. The Morgan fingerprint density at radius 1 is 1.38 bits per heavy atom. The van der Waals surface area contributed by atoms with Crippen LogP contribution in [0.1, 0.15) is 18.9 Å². The third-order valence-corrected chi connectivity index (χ3v) is 7.69. The molecule has 0 spiro atoms. The lowest BCUT2D eigenvalue weighted by atomic mass is 10.1. The molecule has 0 radical (unpaired) electrons. The van der Waals surface area contributed by atoms with Gasteiger partial charge in [-0.3, -0.25) is 0 Å². The van der Waals surface area contributed by atoms with Crippen molar-refractivity contribution in [2.75, 3.05) is 5.75 Å². The zero-order chi connectivity index (χ0) is 14.7. The summed E-state index contributed by atoms with van der Waals surface area (Å²) in [6, 6.07) is 8.30. The predicted molar refractivity (Wildman–Crippen MR) is 94.2 cm³/mol. The Bertz CT molecular complexity index is 570. The van der Waals surface area contributed by atoms with Crippen LogP contribution < -0.4 is 0 Å². The van der Waals surface area contributed by atoms with E-state index in [0.29, 0.717) is 0 Å². The Hall–Kier alpha value is -0.580. The quantitative estimate of drug-likeness (QED) is 0.784. The topological polar surface area (TPSA) is 17.8 Å². The van der Waals surface area contributed by atoms with E-state index in [1.807, 2.05) is 30.9 Å². The van der Waals surface area contributed by atoms with Crippen molar-refractivity contribution in [2.24, 2.45) is 0 Å². The van der Waals surface area contributed by atoms with Crippen molar-refractivity contribution in [3.63, 3.8) is 0 Å². The van der Waals surface area contributed by atoms with Gasteiger partial charge in [-0.15, -0.1) is 23.5 Å². The van der Waals surface area contributed by atoms with E-state index in [2.05, 4.69) is 52.1 Å². The van der Waals surface area contributed by atoms with E-state index in [1.165, 1.54) is 11.3 Å². The lowest BCUT2D eigenvalue weighted by molar-refractivity contribution is 0.597. The number of thioether (sulfide) groups is 2. The highest BCUT2D eigenvalue weighted by Gasteiger charge is 2.38. The minimum atomic E-state index is 0.275. The molecule has 1 aliphatic heterocycles. The monoisotopic (exact) mass is 338 g/mol. The SMILES string of the molecule is CC1CSC(CCn2ccnc2)(Cc2ccc(Cl)cc2)S1. The summed E-state index contributed by atoms with van der Waals surface area (Å²) in [7, 11) is 0. The van der Waals surface area contributed by atoms with E-state index >= 15 is 0 Å². The third-order valence-electron chi connectivity index (χ3n) is 3.69. The molecule has 1 aromatic heterocycles. The second-order valence-corrected chi connectivity index (χ2v) is 9.42. The van der Waals surface area contributed by atoms with Gasteiger partial charge in [-0.1, -0.05) is 30.7 Å². The van der Waals surface area contributed by atoms with Gasteiger partial charge >= 0.3 is 0 Å². The molecular weight excluding hydrogens is 320 g/mol. The Morgan fingerprint density at radius 2 is 2.19 bits per heavy atom. The zero-order valence-corrected chi connectivity index (χ0v) is 14.4. The number of aromatic nitrogens is 2. The molecule has 5 heteroatoms. The van der Waals surface area contributed by atoms with Crippen LogP contribution >= 0.6 is 35.1 Å². The van der Waals surface area contributed by atoms with E-state index in [1.54, 1.807) is 0 Å². The fraction of sp³-hybridized carbons (Fsp3) is 0.438. The van der Waals surface area contributed by atoms with Crippen LogP contribution in [0.4, 0.5) is 0 Å². The van der Waals surface area contributed by atoms with Crippen molar-refractivity contribution in [1.82, 2.24) is 9.55 Å². The molecule has 0 amide bonds. The van der Waals surface area contributed by atoms with E-state index in [9.17, 15) is 0 Å². The molecule has 0 N–H and O–H groups in total. The molecule has 1 saturated heterocycles. The average Bonchev–Trinajstić information content (AvgIpc) is 3.10. The second-order valence-electron chi connectivity index (χ2n) is 5.50. The summed E-state index contributed by atoms with van der Waals surface area (Å²) >= 11 is 10.2. The van der Waals surface area contributed by atoms with Crippen LogP contribution in [0.3, 0.4) is 0 Å². The fourth-order valence-corrected chi connectivity index (χ4v) is 6.45. The lowest BCUT2D eigenvalue weighted by Gasteiger charge is -2.28. The van der Waals surface area contributed by atoms with E-state index < -0.39 is 0 Å². The Kier molecular flexibility index (Phi) is 4.87. The van der Waals surface area contributed by atoms with Gasteiger partial charge in [0.05, 0.1) is 10.4 Å². The lowest BCUT2D eigenvalue weighted by Crippen LogP contribution is -2.23. The van der Waals surface area contributed by atoms with E-state index in [-0.39, 0.29) is 4.08 Å². The van der Waals surface area contributed by atoms with Crippen molar-refractivity contribution < 1.29 is 0 Å². The van der Waals surface area contributed by atoms with Gasteiger partial charge in [0, 0.05) is 35.0 Å². The molecule has 2 atom stereocenters. The standard InChI is InChI=1S/C16H19ClN2S2/c1-13-11-20-16(21-13,6-8-19-9-7-18-12-19)10-14-2-4-15(17)5-3-14/h2-5,7,9,12-13H,6,8,10-11H2,1H3. The number of hydrogen-bond donors (Lipinski definition) is 0.